The lowest BCUT2D eigenvalue weighted by Gasteiger charge is -1.95. The second kappa shape index (κ2) is 2.87. The molecular formula is C3H2ClF3N2O. The van der Waals surface area contributed by atoms with Crippen molar-refractivity contribution < 1.29 is 17.7 Å². The summed E-state index contributed by atoms with van der Waals surface area (Å²) in [6, 6.07) is 0. The van der Waals surface area contributed by atoms with Gasteiger partial charge in [-0.05, 0) is 0 Å². The minimum absolute atomic E-state index is 0. The first-order valence-electron chi connectivity index (χ1n) is 1.94. The molecule has 0 fully saturated rings. The predicted molar refractivity (Wildman–Crippen MR) is 26.5 cm³/mol. The average molecular weight is 175 g/mol. The number of rotatable bonds is 0. The van der Waals surface area contributed by atoms with Crippen molar-refractivity contribution in [3.8, 4) is 0 Å². The molecule has 3 nitrogen and oxygen atoms in total. The molecule has 1 aromatic heterocycles. The highest BCUT2D eigenvalue weighted by Crippen LogP contribution is 2.26. The number of hydrogen-bond donors (Lipinski definition) is 0. The Morgan fingerprint density at radius 1 is 1.40 bits per heavy atom. The van der Waals surface area contributed by atoms with Crippen LogP contribution in [0, 0.1) is 0 Å². The summed E-state index contributed by atoms with van der Waals surface area (Å²) in [4.78, 5) is 2.78. The lowest BCUT2D eigenvalue weighted by Crippen LogP contribution is -2.04. The van der Waals surface area contributed by atoms with Gasteiger partial charge >= 0.3 is 12.1 Å². The molecule has 0 aliphatic carbocycles. The minimum atomic E-state index is -4.52. The summed E-state index contributed by atoms with van der Waals surface area (Å²) in [6.07, 6.45) is -3.82. The van der Waals surface area contributed by atoms with Gasteiger partial charge in [-0.25, -0.2) is 0 Å². The molecular weight excluding hydrogens is 172 g/mol. The smallest absolute Gasteiger partial charge is 0.330 e. The van der Waals surface area contributed by atoms with Crippen molar-refractivity contribution in [3.63, 3.8) is 0 Å². The van der Waals surface area contributed by atoms with E-state index in [0.717, 1.165) is 0 Å². The first-order valence-corrected chi connectivity index (χ1v) is 1.94. The Hall–Kier alpha value is -0.780. The van der Waals surface area contributed by atoms with Gasteiger partial charge in [0.2, 0.25) is 0 Å². The molecule has 0 amide bonds. The van der Waals surface area contributed by atoms with Crippen LogP contribution in [0.3, 0.4) is 0 Å². The first kappa shape index (κ1) is 9.22. The van der Waals surface area contributed by atoms with Gasteiger partial charge in [0.1, 0.15) is 0 Å². The van der Waals surface area contributed by atoms with Gasteiger partial charge < -0.3 is 4.52 Å². The molecule has 0 radical (unpaired) electrons. The number of alkyl halides is 3. The van der Waals surface area contributed by atoms with Gasteiger partial charge in [-0.2, -0.15) is 18.2 Å². The van der Waals surface area contributed by atoms with Crippen LogP contribution in [0.1, 0.15) is 5.89 Å². The van der Waals surface area contributed by atoms with Crippen molar-refractivity contribution in [1.29, 1.82) is 0 Å². The largest absolute Gasteiger partial charge is 0.471 e. The maximum atomic E-state index is 11.4. The van der Waals surface area contributed by atoms with E-state index in [-0.39, 0.29) is 12.4 Å². The standard InChI is InChI=1S/C3HF3N2O.ClH/c4-3(5,6)2-7-1-8-9-2;/h1H;1H. The molecule has 10 heavy (non-hydrogen) atoms. The highest BCUT2D eigenvalue weighted by molar-refractivity contribution is 5.85. The third kappa shape index (κ3) is 1.87. The highest BCUT2D eigenvalue weighted by atomic mass is 35.5. The van der Waals surface area contributed by atoms with Gasteiger partial charge in [-0.15, -0.1) is 12.4 Å². The number of halogens is 4. The number of hydrogen-bond acceptors (Lipinski definition) is 3. The van der Waals surface area contributed by atoms with Crippen LogP contribution >= 0.6 is 12.4 Å². The molecule has 0 unspecified atom stereocenters. The fraction of sp³-hybridized carbons (Fsp3) is 0.333. The third-order valence-electron chi connectivity index (χ3n) is 0.604. The van der Waals surface area contributed by atoms with E-state index >= 15 is 0 Å². The van der Waals surface area contributed by atoms with Crippen molar-refractivity contribution >= 4 is 12.4 Å². The maximum absolute atomic E-state index is 11.4. The van der Waals surface area contributed by atoms with Crippen LogP contribution in [0.5, 0.6) is 0 Å². The highest BCUT2D eigenvalue weighted by Gasteiger charge is 2.37. The Bertz CT molecular complexity index is 184. The van der Waals surface area contributed by atoms with E-state index in [1.165, 1.54) is 0 Å². The zero-order valence-electron chi connectivity index (χ0n) is 4.42. The van der Waals surface area contributed by atoms with Crippen LogP contribution < -0.4 is 0 Å². The molecule has 7 heteroatoms. The summed E-state index contributed by atoms with van der Waals surface area (Å²) in [5.41, 5.74) is 0. The zero-order chi connectivity index (χ0) is 6.91. The van der Waals surface area contributed by atoms with Crippen molar-refractivity contribution in [1.82, 2.24) is 10.1 Å². The van der Waals surface area contributed by atoms with Crippen molar-refractivity contribution in [2.24, 2.45) is 0 Å². The van der Waals surface area contributed by atoms with Gasteiger partial charge in [-0.1, -0.05) is 5.16 Å². The first-order chi connectivity index (χ1) is 4.11. The summed E-state index contributed by atoms with van der Waals surface area (Å²) < 4.78 is 38.0. The van der Waals surface area contributed by atoms with Gasteiger partial charge in [0.25, 0.3) is 0 Å². The fourth-order valence-electron chi connectivity index (χ4n) is 0.298. The molecule has 1 rings (SSSR count). The summed E-state index contributed by atoms with van der Waals surface area (Å²) in [5.74, 6) is -1.32. The van der Waals surface area contributed by atoms with Crippen molar-refractivity contribution in [2.45, 2.75) is 6.18 Å². The molecule has 0 saturated carbocycles. The van der Waals surface area contributed by atoms with Gasteiger partial charge in [0.05, 0.1) is 0 Å². The summed E-state index contributed by atoms with van der Waals surface area (Å²) in [5, 5.41) is 2.78. The SMILES string of the molecule is Cl.FC(F)(F)c1ncno1. The molecule has 0 N–H and O–H groups in total. The van der Waals surface area contributed by atoms with Crippen LogP contribution in [-0.4, -0.2) is 10.1 Å². The molecule has 1 heterocycles. The molecule has 1 aromatic rings. The molecule has 0 spiro atoms. The lowest BCUT2D eigenvalue weighted by atomic mass is 10.7. The molecule has 0 saturated heterocycles. The number of nitrogens with zero attached hydrogens (tertiary/aromatic N) is 2. The van der Waals surface area contributed by atoms with E-state index in [9.17, 15) is 13.2 Å². The Kier molecular flexibility index (Phi) is 2.65. The molecule has 0 aliphatic rings. The molecule has 0 bridgehead atoms. The van der Waals surface area contributed by atoms with Crippen molar-refractivity contribution in [2.75, 3.05) is 0 Å². The van der Waals surface area contributed by atoms with E-state index in [2.05, 4.69) is 14.7 Å². The molecule has 0 aliphatic heterocycles. The normalized spacial score (nSPS) is 10.7. The Morgan fingerprint density at radius 2 is 2.00 bits per heavy atom. The van der Waals surface area contributed by atoms with Gasteiger partial charge in [0, 0.05) is 0 Å². The third-order valence-corrected chi connectivity index (χ3v) is 0.604. The molecule has 0 aromatic carbocycles. The van der Waals surface area contributed by atoms with E-state index in [4.69, 9.17) is 0 Å². The summed E-state index contributed by atoms with van der Waals surface area (Å²) in [7, 11) is 0. The van der Waals surface area contributed by atoms with Crippen LogP contribution in [0.4, 0.5) is 13.2 Å². The van der Waals surface area contributed by atoms with E-state index in [1.807, 2.05) is 0 Å². The van der Waals surface area contributed by atoms with E-state index < -0.39 is 12.1 Å². The summed E-state index contributed by atoms with van der Waals surface area (Å²) >= 11 is 0. The van der Waals surface area contributed by atoms with Crippen LogP contribution in [0.15, 0.2) is 10.9 Å². The quantitative estimate of drug-likeness (QED) is 0.599. The van der Waals surface area contributed by atoms with E-state index in [0.29, 0.717) is 6.33 Å². The Balaban J connectivity index is 0.000000810. The lowest BCUT2D eigenvalue weighted by molar-refractivity contribution is -0.159. The average Bonchev–Trinajstić information content (AvgIpc) is 2.08. The molecule has 58 valence electrons. The Labute approximate surface area is 59.6 Å². The topological polar surface area (TPSA) is 38.9 Å². The maximum Gasteiger partial charge on any atom is 0.471 e. The zero-order valence-corrected chi connectivity index (χ0v) is 5.24. The summed E-state index contributed by atoms with van der Waals surface area (Å²) in [6.45, 7) is 0. The van der Waals surface area contributed by atoms with Gasteiger partial charge in [-0.3, -0.25) is 0 Å². The van der Waals surface area contributed by atoms with Crippen molar-refractivity contribution in [3.05, 3.63) is 12.2 Å². The second-order valence-electron chi connectivity index (χ2n) is 1.24. The van der Waals surface area contributed by atoms with Crippen LogP contribution in [0.2, 0.25) is 0 Å². The van der Waals surface area contributed by atoms with Crippen LogP contribution in [-0.2, 0) is 6.18 Å². The second-order valence-corrected chi connectivity index (χ2v) is 1.24. The monoisotopic (exact) mass is 174 g/mol. The fourth-order valence-corrected chi connectivity index (χ4v) is 0.298. The predicted octanol–water partition coefficient (Wildman–Crippen LogP) is 1.51. The van der Waals surface area contributed by atoms with Gasteiger partial charge in [0.15, 0.2) is 6.33 Å². The number of aromatic nitrogens is 2. The minimum Gasteiger partial charge on any atom is -0.330 e. The van der Waals surface area contributed by atoms with Crippen LogP contribution in [0.25, 0.3) is 0 Å². The molecule has 0 atom stereocenters. The Morgan fingerprint density at radius 3 is 2.20 bits per heavy atom. The van der Waals surface area contributed by atoms with E-state index in [1.54, 1.807) is 0 Å².